The van der Waals surface area contributed by atoms with Crippen LogP contribution in [-0.2, 0) is 12.4 Å². The summed E-state index contributed by atoms with van der Waals surface area (Å²) in [6.45, 7) is 0. The Kier molecular flexibility index (Phi) is 11.5. The third kappa shape index (κ3) is 9.84. The van der Waals surface area contributed by atoms with Crippen LogP contribution in [0.3, 0.4) is 0 Å². The maximum atomic E-state index is 12.3. The van der Waals surface area contributed by atoms with Gasteiger partial charge in [-0.05, 0) is 63.4 Å². The van der Waals surface area contributed by atoms with Gasteiger partial charge >= 0.3 is 19.5 Å². The number of alkyl halides is 6. The smallest absolute Gasteiger partial charge is 0.423 e. The molecule has 0 radical (unpaired) electrons. The number of aldehydes is 2. The second kappa shape index (κ2) is 13.9. The SMILES string of the molecule is O=Cc1ccc(-c2ccc(C(F)(F)F)cc2)s1.O=Cc1ccc(Br)s1.OB(O)c1ccc(C(F)(F)F)cc1. The Morgan fingerprint density at radius 2 is 1.11 bits per heavy atom. The van der Waals surface area contributed by atoms with Gasteiger partial charge < -0.3 is 10.0 Å². The van der Waals surface area contributed by atoms with Crippen molar-refractivity contribution in [2.75, 3.05) is 0 Å². The molecule has 2 heterocycles. The first-order valence-electron chi connectivity index (χ1n) is 10.2. The topological polar surface area (TPSA) is 74.6 Å². The lowest BCUT2D eigenvalue weighted by Crippen LogP contribution is -2.29. The zero-order valence-electron chi connectivity index (χ0n) is 18.8. The van der Waals surface area contributed by atoms with Gasteiger partial charge in [-0.25, -0.2) is 0 Å². The van der Waals surface area contributed by atoms with Crippen LogP contribution in [0.2, 0.25) is 0 Å². The van der Waals surface area contributed by atoms with Crippen molar-refractivity contribution in [2.45, 2.75) is 12.4 Å². The molecule has 2 aromatic heterocycles. The molecule has 4 aromatic rings. The molecule has 0 aliphatic rings. The molecule has 2 N–H and O–H groups in total. The number of carbonyl (C=O) groups excluding carboxylic acids is 2. The minimum atomic E-state index is -4.39. The molecular weight excluding hydrogens is 621 g/mol. The number of benzene rings is 2. The van der Waals surface area contributed by atoms with Gasteiger partial charge in [-0.15, -0.1) is 22.7 Å². The summed E-state index contributed by atoms with van der Waals surface area (Å²) in [5, 5.41) is 17.2. The molecule has 4 nitrogen and oxygen atoms in total. The van der Waals surface area contributed by atoms with Gasteiger partial charge in [-0.3, -0.25) is 9.59 Å². The summed E-state index contributed by atoms with van der Waals surface area (Å²) in [6, 6.07) is 15.5. The van der Waals surface area contributed by atoms with Gasteiger partial charge in [-0.2, -0.15) is 26.3 Å². The molecule has 0 saturated carbocycles. The molecule has 0 aliphatic heterocycles. The molecule has 0 amide bonds. The fourth-order valence-corrected chi connectivity index (χ4v) is 4.70. The normalized spacial score (nSPS) is 11.0. The van der Waals surface area contributed by atoms with Crippen molar-refractivity contribution >= 4 is 63.8 Å². The fraction of sp³-hybridized carbons (Fsp3) is 0.0833. The minimum Gasteiger partial charge on any atom is -0.423 e. The minimum absolute atomic E-state index is 0.0352. The summed E-state index contributed by atoms with van der Waals surface area (Å²) in [6.07, 6.45) is -7.14. The molecule has 0 fully saturated rings. The number of carbonyl (C=O) groups is 2. The lowest BCUT2D eigenvalue weighted by molar-refractivity contribution is -0.138. The standard InChI is InChI=1S/C12H7F3OS.C7H6BF3O2.C5H3BrOS/c13-12(14,15)9-3-1-8(2-4-9)11-6-5-10(7-16)17-11;9-7(10,11)5-1-3-6(4-2-5)8(12)13;6-5-2-1-4(3-7)8-5/h1-7H;1-4,12-13H;1-3H. The summed E-state index contributed by atoms with van der Waals surface area (Å²) >= 11 is 5.92. The molecule has 14 heteroatoms. The summed E-state index contributed by atoms with van der Waals surface area (Å²) in [4.78, 5) is 22.6. The molecule has 0 aliphatic carbocycles. The van der Waals surface area contributed by atoms with Crippen molar-refractivity contribution in [1.82, 2.24) is 0 Å². The number of rotatable bonds is 4. The van der Waals surface area contributed by atoms with Crippen LogP contribution in [0.5, 0.6) is 0 Å². The molecule has 0 saturated heterocycles. The average molecular weight is 637 g/mol. The van der Waals surface area contributed by atoms with Crippen LogP contribution >= 0.6 is 38.6 Å². The van der Waals surface area contributed by atoms with E-state index in [1.807, 2.05) is 6.07 Å². The fourth-order valence-electron chi connectivity index (χ4n) is 2.63. The van der Waals surface area contributed by atoms with Crippen LogP contribution in [0, 0.1) is 0 Å². The van der Waals surface area contributed by atoms with Crippen LogP contribution in [0.25, 0.3) is 10.4 Å². The summed E-state index contributed by atoms with van der Waals surface area (Å²) in [7, 11) is -1.73. The zero-order valence-corrected chi connectivity index (χ0v) is 22.1. The van der Waals surface area contributed by atoms with Crippen molar-refractivity contribution in [3.05, 3.63) is 97.5 Å². The van der Waals surface area contributed by atoms with E-state index < -0.39 is 30.6 Å². The van der Waals surface area contributed by atoms with Crippen LogP contribution < -0.4 is 5.46 Å². The van der Waals surface area contributed by atoms with Crippen molar-refractivity contribution in [1.29, 1.82) is 0 Å². The largest absolute Gasteiger partial charge is 0.488 e. The van der Waals surface area contributed by atoms with Crippen molar-refractivity contribution < 1.29 is 46.0 Å². The second-order valence-electron chi connectivity index (χ2n) is 7.15. The Morgan fingerprint density at radius 3 is 1.45 bits per heavy atom. The monoisotopic (exact) mass is 636 g/mol. The van der Waals surface area contributed by atoms with E-state index >= 15 is 0 Å². The molecule has 38 heavy (non-hydrogen) atoms. The Bertz CT molecular complexity index is 1320. The average Bonchev–Trinajstić information content (AvgIpc) is 3.53. The first-order chi connectivity index (χ1) is 17.7. The predicted molar refractivity (Wildman–Crippen MR) is 139 cm³/mol. The first kappa shape index (κ1) is 31.4. The van der Waals surface area contributed by atoms with Gasteiger partial charge in [-0.1, -0.05) is 36.4 Å². The van der Waals surface area contributed by atoms with Gasteiger partial charge in [0.2, 0.25) is 0 Å². The number of thiophene rings is 2. The molecule has 2 aromatic carbocycles. The van der Waals surface area contributed by atoms with E-state index in [-0.39, 0.29) is 5.46 Å². The van der Waals surface area contributed by atoms with E-state index in [0.717, 1.165) is 62.5 Å². The highest BCUT2D eigenvalue weighted by Gasteiger charge is 2.31. The Morgan fingerprint density at radius 1 is 0.658 bits per heavy atom. The second-order valence-corrected chi connectivity index (χ2v) is 10.8. The maximum Gasteiger partial charge on any atom is 0.488 e. The highest BCUT2D eigenvalue weighted by atomic mass is 79.9. The zero-order chi connectivity index (χ0) is 28.5. The molecule has 0 atom stereocenters. The third-order valence-electron chi connectivity index (χ3n) is 4.49. The quantitative estimate of drug-likeness (QED) is 0.144. The summed E-state index contributed by atoms with van der Waals surface area (Å²) in [5.74, 6) is 0. The highest BCUT2D eigenvalue weighted by Crippen LogP contribution is 2.33. The maximum absolute atomic E-state index is 12.3. The van der Waals surface area contributed by atoms with Crippen LogP contribution in [-0.4, -0.2) is 29.7 Å². The van der Waals surface area contributed by atoms with Gasteiger partial charge in [0.15, 0.2) is 12.6 Å². The molecule has 200 valence electrons. The Labute approximate surface area is 229 Å². The van der Waals surface area contributed by atoms with E-state index in [1.165, 1.54) is 34.8 Å². The van der Waals surface area contributed by atoms with Crippen molar-refractivity contribution in [3.63, 3.8) is 0 Å². The summed E-state index contributed by atoms with van der Waals surface area (Å²) < 4.78 is 74.0. The molecular formula is C24H16BBrF6O4S2. The van der Waals surface area contributed by atoms with Gasteiger partial charge in [0.25, 0.3) is 0 Å². The lowest BCUT2D eigenvalue weighted by Gasteiger charge is -2.06. The van der Waals surface area contributed by atoms with Gasteiger partial charge in [0.1, 0.15) is 0 Å². The van der Waals surface area contributed by atoms with E-state index in [2.05, 4.69) is 15.9 Å². The van der Waals surface area contributed by atoms with E-state index in [0.29, 0.717) is 10.4 Å². The van der Waals surface area contributed by atoms with Gasteiger partial charge in [0.05, 0.1) is 24.7 Å². The Balaban J connectivity index is 0.000000214. The van der Waals surface area contributed by atoms with Crippen molar-refractivity contribution in [2.24, 2.45) is 0 Å². The van der Waals surface area contributed by atoms with E-state index in [9.17, 15) is 35.9 Å². The number of hydrogen-bond acceptors (Lipinski definition) is 6. The van der Waals surface area contributed by atoms with Crippen LogP contribution in [0.1, 0.15) is 30.5 Å². The number of hydrogen-bond donors (Lipinski definition) is 2. The Hall–Kier alpha value is -2.78. The van der Waals surface area contributed by atoms with Crippen molar-refractivity contribution in [3.8, 4) is 10.4 Å². The lowest BCUT2D eigenvalue weighted by atomic mass is 9.80. The van der Waals surface area contributed by atoms with E-state index in [4.69, 9.17) is 10.0 Å². The molecule has 4 rings (SSSR count). The van der Waals surface area contributed by atoms with Gasteiger partial charge in [0, 0.05) is 4.88 Å². The first-order valence-corrected chi connectivity index (χ1v) is 12.6. The summed E-state index contributed by atoms with van der Waals surface area (Å²) in [5.41, 5.74) is -0.769. The molecule has 0 unspecified atom stereocenters. The molecule has 0 spiro atoms. The number of halogens is 7. The predicted octanol–water partition coefficient (Wildman–Crippen LogP) is 6.95. The van der Waals surface area contributed by atoms with E-state index in [1.54, 1.807) is 18.2 Å². The molecule has 0 bridgehead atoms. The van der Waals surface area contributed by atoms with Crippen LogP contribution in [0.4, 0.5) is 26.3 Å². The van der Waals surface area contributed by atoms with Crippen LogP contribution in [0.15, 0.2) is 76.6 Å². The highest BCUT2D eigenvalue weighted by molar-refractivity contribution is 9.11. The third-order valence-corrected chi connectivity index (χ3v) is 7.09.